The molecule has 2 saturated carbocycles. The highest BCUT2D eigenvalue weighted by atomic mass is 35.5. The molecule has 1 atom stereocenters. The van der Waals surface area contributed by atoms with Crippen LogP contribution in [-0.2, 0) is 11.2 Å². The van der Waals surface area contributed by atoms with Gasteiger partial charge in [-0.1, -0.05) is 75.1 Å². The van der Waals surface area contributed by atoms with Crippen molar-refractivity contribution in [3.05, 3.63) is 47.3 Å². The maximum absolute atomic E-state index is 13.6. The van der Waals surface area contributed by atoms with Crippen LogP contribution in [0.5, 0.6) is 0 Å². The molecule has 2 aliphatic carbocycles. The minimum atomic E-state index is -0.716. The SMILES string of the molecule is C=CC(C(=O)O)C1CCC(CC[C@H]2CC[C@H](CCc3ccc(Cl)c(F)c3)CC2)CC1. The number of carboxylic acid groups (broad SMARTS) is 1. The van der Waals surface area contributed by atoms with Crippen LogP contribution in [0.25, 0.3) is 0 Å². The van der Waals surface area contributed by atoms with Gasteiger partial charge in [-0.05, 0) is 67.1 Å². The number of hydrogen-bond acceptors (Lipinski definition) is 1. The van der Waals surface area contributed by atoms with Crippen LogP contribution in [0.15, 0.2) is 30.9 Å². The third kappa shape index (κ3) is 6.57. The molecule has 1 aromatic carbocycles. The molecule has 0 heterocycles. The fraction of sp³-hybridized carbons (Fsp3) is 0.654. The van der Waals surface area contributed by atoms with Gasteiger partial charge in [-0.2, -0.15) is 0 Å². The molecule has 0 amide bonds. The molecule has 166 valence electrons. The zero-order valence-electron chi connectivity index (χ0n) is 18.0. The summed E-state index contributed by atoms with van der Waals surface area (Å²) in [6, 6.07) is 5.19. The molecule has 3 rings (SSSR count). The Morgan fingerprint density at radius 1 is 1.03 bits per heavy atom. The summed E-state index contributed by atoms with van der Waals surface area (Å²) in [5.41, 5.74) is 1.05. The van der Waals surface area contributed by atoms with Gasteiger partial charge in [-0.3, -0.25) is 4.79 Å². The monoisotopic (exact) mass is 434 g/mol. The summed E-state index contributed by atoms with van der Waals surface area (Å²) in [6.45, 7) is 3.71. The first kappa shape index (κ1) is 23.3. The van der Waals surface area contributed by atoms with Crippen molar-refractivity contribution in [2.75, 3.05) is 0 Å². The first-order chi connectivity index (χ1) is 14.5. The van der Waals surface area contributed by atoms with Crippen LogP contribution in [-0.4, -0.2) is 11.1 Å². The molecule has 0 spiro atoms. The van der Waals surface area contributed by atoms with Crippen molar-refractivity contribution in [1.82, 2.24) is 0 Å². The van der Waals surface area contributed by atoms with Crippen molar-refractivity contribution < 1.29 is 14.3 Å². The Bertz CT molecular complexity index is 703. The van der Waals surface area contributed by atoms with E-state index in [1.165, 1.54) is 51.4 Å². The maximum Gasteiger partial charge on any atom is 0.310 e. The zero-order valence-corrected chi connectivity index (χ0v) is 18.8. The molecule has 0 saturated heterocycles. The Morgan fingerprint density at radius 2 is 1.57 bits per heavy atom. The Kier molecular flexibility index (Phi) is 8.80. The molecule has 1 N–H and O–H groups in total. The highest BCUT2D eigenvalue weighted by molar-refractivity contribution is 6.30. The lowest BCUT2D eigenvalue weighted by Crippen LogP contribution is -2.26. The molecule has 2 aliphatic rings. The zero-order chi connectivity index (χ0) is 21.5. The van der Waals surface area contributed by atoms with E-state index in [9.17, 15) is 14.3 Å². The van der Waals surface area contributed by atoms with E-state index in [-0.39, 0.29) is 22.7 Å². The van der Waals surface area contributed by atoms with E-state index in [2.05, 4.69) is 6.58 Å². The normalized spacial score (nSPS) is 28.1. The van der Waals surface area contributed by atoms with Crippen LogP contribution in [0.2, 0.25) is 5.02 Å². The molecule has 0 aromatic heterocycles. The van der Waals surface area contributed by atoms with Crippen LogP contribution >= 0.6 is 11.6 Å². The van der Waals surface area contributed by atoms with Gasteiger partial charge in [-0.25, -0.2) is 4.39 Å². The van der Waals surface area contributed by atoms with E-state index >= 15 is 0 Å². The van der Waals surface area contributed by atoms with Crippen LogP contribution in [0, 0.1) is 35.4 Å². The molecular weight excluding hydrogens is 399 g/mol. The van der Waals surface area contributed by atoms with E-state index in [0.717, 1.165) is 49.0 Å². The van der Waals surface area contributed by atoms with Crippen LogP contribution in [0.1, 0.15) is 76.2 Å². The van der Waals surface area contributed by atoms with E-state index in [0.29, 0.717) is 0 Å². The summed E-state index contributed by atoms with van der Waals surface area (Å²) in [7, 11) is 0. The van der Waals surface area contributed by atoms with Crippen molar-refractivity contribution in [2.45, 2.75) is 77.0 Å². The van der Waals surface area contributed by atoms with Gasteiger partial charge in [0.05, 0.1) is 10.9 Å². The van der Waals surface area contributed by atoms with Gasteiger partial charge in [0.15, 0.2) is 0 Å². The number of halogens is 2. The third-order valence-electron chi connectivity index (χ3n) is 7.71. The molecular formula is C26H36ClFO2. The lowest BCUT2D eigenvalue weighted by atomic mass is 9.72. The summed E-state index contributed by atoms with van der Waals surface area (Å²) in [6.07, 6.45) is 16.0. The summed E-state index contributed by atoms with van der Waals surface area (Å²) in [5.74, 6) is 1.28. The minimum Gasteiger partial charge on any atom is -0.481 e. The number of carbonyl (C=O) groups is 1. The second-order valence-electron chi connectivity index (χ2n) is 9.63. The van der Waals surface area contributed by atoms with E-state index < -0.39 is 5.97 Å². The number of hydrogen-bond donors (Lipinski definition) is 1. The molecule has 0 radical (unpaired) electrons. The highest BCUT2D eigenvalue weighted by Gasteiger charge is 2.30. The molecule has 4 heteroatoms. The van der Waals surface area contributed by atoms with Crippen molar-refractivity contribution >= 4 is 17.6 Å². The molecule has 2 fully saturated rings. The van der Waals surface area contributed by atoms with Gasteiger partial charge in [-0.15, -0.1) is 6.58 Å². The van der Waals surface area contributed by atoms with Crippen molar-refractivity contribution in [3.8, 4) is 0 Å². The fourth-order valence-electron chi connectivity index (χ4n) is 5.68. The Morgan fingerprint density at radius 3 is 2.07 bits per heavy atom. The van der Waals surface area contributed by atoms with Crippen LogP contribution in [0.3, 0.4) is 0 Å². The number of benzene rings is 1. The quantitative estimate of drug-likeness (QED) is 0.404. The van der Waals surface area contributed by atoms with Crippen molar-refractivity contribution in [1.29, 1.82) is 0 Å². The maximum atomic E-state index is 13.6. The highest BCUT2D eigenvalue weighted by Crippen LogP contribution is 2.39. The third-order valence-corrected chi connectivity index (χ3v) is 8.02. The van der Waals surface area contributed by atoms with Gasteiger partial charge in [0.25, 0.3) is 0 Å². The Balaban J connectivity index is 1.31. The number of aryl methyl sites for hydroxylation is 1. The Labute approximate surface area is 185 Å². The van der Waals surface area contributed by atoms with Gasteiger partial charge in [0.1, 0.15) is 5.82 Å². The predicted molar refractivity (Wildman–Crippen MR) is 121 cm³/mol. The fourth-order valence-corrected chi connectivity index (χ4v) is 5.79. The second kappa shape index (κ2) is 11.3. The molecule has 1 aromatic rings. The number of aliphatic carboxylic acids is 1. The summed E-state index contributed by atoms with van der Waals surface area (Å²) >= 11 is 5.77. The molecule has 0 aliphatic heterocycles. The lowest BCUT2D eigenvalue weighted by Gasteiger charge is -2.33. The molecule has 30 heavy (non-hydrogen) atoms. The number of carboxylic acids is 1. The van der Waals surface area contributed by atoms with Crippen molar-refractivity contribution in [3.63, 3.8) is 0 Å². The van der Waals surface area contributed by atoms with Crippen molar-refractivity contribution in [2.24, 2.45) is 29.6 Å². The standard InChI is InChI=1S/C26H36ClFO2/c1-2-23(26(29)30)22-14-11-20(12-15-22)8-7-18-3-5-19(6-4-18)9-10-21-13-16-24(27)25(28)17-21/h2,13,16-20,22-23H,1,3-12,14-15H2,(H,29,30)/t18-,19-,20?,22?,23?. The largest absolute Gasteiger partial charge is 0.481 e. The first-order valence-electron chi connectivity index (χ1n) is 11.8. The summed E-state index contributed by atoms with van der Waals surface area (Å²) in [4.78, 5) is 11.3. The second-order valence-corrected chi connectivity index (χ2v) is 10.0. The smallest absolute Gasteiger partial charge is 0.310 e. The van der Waals surface area contributed by atoms with Crippen LogP contribution < -0.4 is 0 Å². The van der Waals surface area contributed by atoms with Crippen LogP contribution in [0.4, 0.5) is 4.39 Å². The summed E-state index contributed by atoms with van der Waals surface area (Å²) in [5, 5.41) is 9.52. The minimum absolute atomic E-state index is 0.204. The van der Waals surface area contributed by atoms with Gasteiger partial charge in [0, 0.05) is 0 Å². The van der Waals surface area contributed by atoms with E-state index in [1.807, 2.05) is 6.07 Å². The molecule has 1 unspecified atom stereocenters. The van der Waals surface area contributed by atoms with Gasteiger partial charge in [0.2, 0.25) is 0 Å². The molecule has 2 nitrogen and oxygen atoms in total. The first-order valence-corrected chi connectivity index (χ1v) is 12.1. The summed E-state index contributed by atoms with van der Waals surface area (Å²) < 4.78 is 13.6. The lowest BCUT2D eigenvalue weighted by molar-refractivity contribution is -0.142. The average Bonchev–Trinajstić information content (AvgIpc) is 2.75. The van der Waals surface area contributed by atoms with Gasteiger partial charge < -0.3 is 5.11 Å². The molecule has 0 bridgehead atoms. The topological polar surface area (TPSA) is 37.3 Å². The van der Waals surface area contributed by atoms with E-state index in [4.69, 9.17) is 11.6 Å². The van der Waals surface area contributed by atoms with E-state index in [1.54, 1.807) is 18.2 Å². The average molecular weight is 435 g/mol. The number of rotatable bonds is 9. The Hall–Kier alpha value is -1.35. The predicted octanol–water partition coefficient (Wildman–Crippen LogP) is 7.69. The van der Waals surface area contributed by atoms with Gasteiger partial charge >= 0.3 is 5.97 Å².